The molecular formula is C20H12O4. The summed E-state index contributed by atoms with van der Waals surface area (Å²) in [6.07, 6.45) is 0. The summed E-state index contributed by atoms with van der Waals surface area (Å²) in [4.78, 5) is 0. The Morgan fingerprint density at radius 1 is 0.500 bits per heavy atom. The topological polar surface area (TPSA) is 80.9 Å². The van der Waals surface area contributed by atoms with Gasteiger partial charge in [-0.05, 0) is 45.1 Å². The highest BCUT2D eigenvalue weighted by atomic mass is 16.3. The Morgan fingerprint density at radius 3 is 2.08 bits per heavy atom. The van der Waals surface area contributed by atoms with Crippen molar-refractivity contribution in [2.45, 2.75) is 0 Å². The summed E-state index contributed by atoms with van der Waals surface area (Å²) in [7, 11) is 0. The first kappa shape index (κ1) is 13.1. The van der Waals surface area contributed by atoms with Crippen molar-refractivity contribution in [2.24, 2.45) is 0 Å². The second-order valence-corrected chi connectivity index (χ2v) is 6.05. The van der Waals surface area contributed by atoms with Crippen LogP contribution in [0.5, 0.6) is 23.0 Å². The van der Waals surface area contributed by atoms with Gasteiger partial charge in [-0.3, -0.25) is 0 Å². The van der Waals surface area contributed by atoms with E-state index in [1.165, 1.54) is 0 Å². The minimum Gasteiger partial charge on any atom is -0.507 e. The molecule has 4 nitrogen and oxygen atoms in total. The minimum absolute atomic E-state index is 0.136. The largest absolute Gasteiger partial charge is 0.507 e. The lowest BCUT2D eigenvalue weighted by molar-refractivity contribution is 0.373. The molecule has 5 rings (SSSR count). The predicted octanol–water partition coefficient (Wildman–Crippen LogP) is 4.56. The summed E-state index contributed by atoms with van der Waals surface area (Å²) in [5, 5.41) is 46.6. The Hall–Kier alpha value is -3.40. The standard InChI is InChI=1S/C20H12O4/c21-14-8-10-7-9-3-1-2-4-11(9)12-5-6-13-16(15(10)12)17(14)19(23)20(24)18(13)22/h1-8,21-24H. The summed E-state index contributed by atoms with van der Waals surface area (Å²) < 4.78 is 0. The number of phenolic OH excluding ortho intramolecular Hbond substituents is 4. The minimum atomic E-state index is -0.624. The number of rotatable bonds is 0. The maximum Gasteiger partial charge on any atom is 0.201 e. The maximum atomic E-state index is 10.4. The van der Waals surface area contributed by atoms with Gasteiger partial charge < -0.3 is 20.4 Å². The van der Waals surface area contributed by atoms with Crippen LogP contribution in [-0.4, -0.2) is 20.4 Å². The van der Waals surface area contributed by atoms with E-state index >= 15 is 0 Å². The molecule has 24 heavy (non-hydrogen) atoms. The molecule has 0 aromatic heterocycles. The van der Waals surface area contributed by atoms with Crippen molar-refractivity contribution < 1.29 is 20.4 Å². The van der Waals surface area contributed by atoms with Crippen LogP contribution in [0, 0.1) is 0 Å². The zero-order valence-corrected chi connectivity index (χ0v) is 12.4. The molecule has 0 unspecified atom stereocenters. The molecule has 5 aromatic rings. The van der Waals surface area contributed by atoms with E-state index < -0.39 is 11.5 Å². The van der Waals surface area contributed by atoms with Gasteiger partial charge >= 0.3 is 0 Å². The lowest BCUT2D eigenvalue weighted by Crippen LogP contribution is -1.88. The fourth-order valence-corrected chi connectivity index (χ4v) is 3.75. The molecule has 0 bridgehead atoms. The SMILES string of the molecule is Oc1c(O)c2ccc3c4ccccc4cc4cc(O)c(c1O)c2c43. The van der Waals surface area contributed by atoms with Crippen molar-refractivity contribution >= 4 is 43.1 Å². The molecule has 4 N–H and O–H groups in total. The van der Waals surface area contributed by atoms with E-state index in [0.29, 0.717) is 10.8 Å². The molecule has 0 saturated heterocycles. The lowest BCUT2D eigenvalue weighted by Gasteiger charge is -2.16. The predicted molar refractivity (Wildman–Crippen MR) is 94.3 cm³/mol. The highest BCUT2D eigenvalue weighted by Crippen LogP contribution is 2.52. The number of hydrogen-bond donors (Lipinski definition) is 4. The highest BCUT2D eigenvalue weighted by Gasteiger charge is 2.22. The molecule has 0 aliphatic rings. The molecule has 0 aliphatic carbocycles. The van der Waals surface area contributed by atoms with Gasteiger partial charge in [-0.25, -0.2) is 0 Å². The second-order valence-electron chi connectivity index (χ2n) is 6.05. The molecule has 0 aliphatic heterocycles. The van der Waals surface area contributed by atoms with Gasteiger partial charge in [0.25, 0.3) is 0 Å². The van der Waals surface area contributed by atoms with E-state index in [-0.39, 0.29) is 16.9 Å². The fourth-order valence-electron chi connectivity index (χ4n) is 3.75. The van der Waals surface area contributed by atoms with Crippen LogP contribution in [0.15, 0.2) is 48.5 Å². The van der Waals surface area contributed by atoms with Crippen molar-refractivity contribution in [3.05, 3.63) is 48.5 Å². The van der Waals surface area contributed by atoms with Crippen LogP contribution in [0.25, 0.3) is 43.1 Å². The molecule has 0 fully saturated rings. The van der Waals surface area contributed by atoms with Crippen LogP contribution in [0.1, 0.15) is 0 Å². The van der Waals surface area contributed by atoms with Gasteiger partial charge in [0.05, 0.1) is 5.39 Å². The monoisotopic (exact) mass is 316 g/mol. The number of phenols is 4. The Labute approximate surface area is 135 Å². The van der Waals surface area contributed by atoms with Crippen LogP contribution < -0.4 is 0 Å². The second kappa shape index (κ2) is 4.11. The van der Waals surface area contributed by atoms with Crippen LogP contribution in [0.3, 0.4) is 0 Å². The Morgan fingerprint density at radius 2 is 1.25 bits per heavy atom. The molecule has 5 aromatic carbocycles. The van der Waals surface area contributed by atoms with E-state index in [0.717, 1.165) is 26.9 Å². The summed E-state index contributed by atoms with van der Waals surface area (Å²) in [6, 6.07) is 15.1. The molecule has 0 heterocycles. The Balaban J connectivity index is 2.23. The third kappa shape index (κ3) is 1.38. The van der Waals surface area contributed by atoms with Crippen molar-refractivity contribution in [2.75, 3.05) is 0 Å². The van der Waals surface area contributed by atoms with E-state index in [2.05, 4.69) is 0 Å². The first-order valence-electron chi connectivity index (χ1n) is 7.54. The molecule has 0 spiro atoms. The molecular weight excluding hydrogens is 304 g/mol. The number of fused-ring (bicyclic) bond motifs is 2. The quantitative estimate of drug-likeness (QED) is 0.192. The van der Waals surface area contributed by atoms with E-state index in [1.54, 1.807) is 12.1 Å². The number of aromatic hydroxyl groups is 4. The molecule has 0 amide bonds. The molecule has 0 saturated carbocycles. The average Bonchev–Trinajstić information content (AvgIpc) is 2.59. The number of benzene rings is 5. The highest BCUT2D eigenvalue weighted by molar-refractivity contribution is 6.32. The van der Waals surface area contributed by atoms with Gasteiger partial charge in [-0.1, -0.05) is 30.3 Å². The zero-order chi connectivity index (χ0) is 16.6. The van der Waals surface area contributed by atoms with Crippen LogP contribution in [0.2, 0.25) is 0 Å². The van der Waals surface area contributed by atoms with E-state index in [9.17, 15) is 20.4 Å². The smallest absolute Gasteiger partial charge is 0.201 e. The maximum absolute atomic E-state index is 10.4. The van der Waals surface area contributed by atoms with Crippen molar-refractivity contribution in [3.63, 3.8) is 0 Å². The van der Waals surface area contributed by atoms with E-state index in [1.807, 2.05) is 36.4 Å². The van der Waals surface area contributed by atoms with Gasteiger partial charge in [0, 0.05) is 10.8 Å². The van der Waals surface area contributed by atoms with Gasteiger partial charge in [0.1, 0.15) is 5.75 Å². The van der Waals surface area contributed by atoms with Gasteiger partial charge in [0.15, 0.2) is 11.5 Å². The van der Waals surface area contributed by atoms with Crippen LogP contribution >= 0.6 is 0 Å². The first-order valence-corrected chi connectivity index (χ1v) is 7.54. The fraction of sp³-hybridized carbons (Fsp3) is 0. The Bertz CT molecular complexity index is 1290. The molecule has 4 heteroatoms. The number of hydrogen-bond acceptors (Lipinski definition) is 4. The summed E-state index contributed by atoms with van der Waals surface area (Å²) >= 11 is 0. The van der Waals surface area contributed by atoms with E-state index in [4.69, 9.17) is 0 Å². The van der Waals surface area contributed by atoms with Gasteiger partial charge in [-0.2, -0.15) is 0 Å². The van der Waals surface area contributed by atoms with Crippen molar-refractivity contribution in [3.8, 4) is 23.0 Å². The molecule has 0 radical (unpaired) electrons. The summed E-state index contributed by atoms with van der Waals surface area (Å²) in [5.41, 5.74) is 0. The normalized spacial score (nSPS) is 12.0. The van der Waals surface area contributed by atoms with Crippen LogP contribution in [-0.2, 0) is 0 Å². The van der Waals surface area contributed by atoms with Gasteiger partial charge in [-0.15, -0.1) is 0 Å². The third-order valence-electron chi connectivity index (χ3n) is 4.79. The summed E-state index contributed by atoms with van der Waals surface area (Å²) in [6.45, 7) is 0. The third-order valence-corrected chi connectivity index (χ3v) is 4.79. The molecule has 0 atom stereocenters. The summed E-state index contributed by atoms with van der Waals surface area (Å²) in [5.74, 6) is -1.66. The lowest BCUT2D eigenvalue weighted by atomic mass is 9.89. The van der Waals surface area contributed by atoms with Gasteiger partial charge in [0.2, 0.25) is 5.75 Å². The van der Waals surface area contributed by atoms with Crippen molar-refractivity contribution in [1.82, 2.24) is 0 Å². The first-order chi connectivity index (χ1) is 11.6. The average molecular weight is 316 g/mol. The molecule has 116 valence electrons. The van der Waals surface area contributed by atoms with Crippen molar-refractivity contribution in [1.29, 1.82) is 0 Å². The zero-order valence-electron chi connectivity index (χ0n) is 12.4. The van der Waals surface area contributed by atoms with Crippen LogP contribution in [0.4, 0.5) is 0 Å². The Kier molecular flexibility index (Phi) is 2.24.